The maximum absolute atomic E-state index is 4.62. The maximum Gasteiger partial charge on any atom is 0.0628 e. The summed E-state index contributed by atoms with van der Waals surface area (Å²) in [6.07, 6.45) is 3.20. The Morgan fingerprint density at radius 2 is 2.38 bits per heavy atom. The third-order valence-electron chi connectivity index (χ3n) is 3.23. The molecule has 0 amide bonds. The SMILES string of the molecule is CNC1CSCC1Cc1ccn(C(C)C)n1. The smallest absolute Gasteiger partial charge is 0.0628 e. The van der Waals surface area contributed by atoms with E-state index in [0.717, 1.165) is 12.3 Å². The van der Waals surface area contributed by atoms with Crippen molar-refractivity contribution in [1.29, 1.82) is 0 Å². The van der Waals surface area contributed by atoms with Crippen LogP contribution in [0, 0.1) is 5.92 Å². The van der Waals surface area contributed by atoms with Crippen molar-refractivity contribution in [1.82, 2.24) is 15.1 Å². The number of hydrogen-bond donors (Lipinski definition) is 1. The monoisotopic (exact) mass is 239 g/mol. The van der Waals surface area contributed by atoms with Crippen LogP contribution in [0.25, 0.3) is 0 Å². The van der Waals surface area contributed by atoms with Gasteiger partial charge in [0.2, 0.25) is 0 Å². The molecule has 2 atom stereocenters. The lowest BCUT2D eigenvalue weighted by Gasteiger charge is -2.16. The van der Waals surface area contributed by atoms with Crippen molar-refractivity contribution >= 4 is 11.8 Å². The molecule has 1 aliphatic rings. The summed E-state index contributed by atoms with van der Waals surface area (Å²) in [5.74, 6) is 3.25. The highest BCUT2D eigenvalue weighted by Crippen LogP contribution is 2.26. The largest absolute Gasteiger partial charge is 0.316 e. The Morgan fingerprint density at radius 1 is 1.56 bits per heavy atom. The fourth-order valence-electron chi connectivity index (χ4n) is 2.16. The van der Waals surface area contributed by atoms with Crippen LogP contribution in [0.4, 0.5) is 0 Å². The summed E-state index contributed by atoms with van der Waals surface area (Å²) in [4.78, 5) is 0. The first-order chi connectivity index (χ1) is 7.70. The van der Waals surface area contributed by atoms with Crippen LogP contribution in [-0.4, -0.2) is 34.4 Å². The molecule has 0 spiro atoms. The molecule has 0 saturated carbocycles. The van der Waals surface area contributed by atoms with Gasteiger partial charge in [-0.3, -0.25) is 4.68 Å². The van der Waals surface area contributed by atoms with Crippen molar-refractivity contribution in [3.63, 3.8) is 0 Å². The standard InChI is InChI=1S/C12H21N3S/c1-9(2)15-5-4-11(14-15)6-10-7-16-8-12(10)13-3/h4-5,9-10,12-13H,6-8H2,1-3H3. The van der Waals surface area contributed by atoms with Crippen LogP contribution in [0.5, 0.6) is 0 Å². The molecule has 1 fully saturated rings. The minimum Gasteiger partial charge on any atom is -0.316 e. The number of thioether (sulfide) groups is 1. The Hall–Kier alpha value is -0.480. The number of nitrogens with one attached hydrogen (secondary N) is 1. The third kappa shape index (κ3) is 2.61. The molecule has 2 rings (SSSR count). The summed E-state index contributed by atoms with van der Waals surface area (Å²) < 4.78 is 2.05. The van der Waals surface area contributed by atoms with E-state index in [4.69, 9.17) is 0 Å². The molecule has 16 heavy (non-hydrogen) atoms. The lowest BCUT2D eigenvalue weighted by Crippen LogP contribution is -2.33. The maximum atomic E-state index is 4.62. The van der Waals surface area contributed by atoms with Gasteiger partial charge in [0.05, 0.1) is 5.69 Å². The van der Waals surface area contributed by atoms with E-state index in [1.54, 1.807) is 0 Å². The second-order valence-corrected chi connectivity index (χ2v) is 5.85. The molecular weight excluding hydrogens is 218 g/mol. The Kier molecular flexibility index (Phi) is 3.92. The summed E-state index contributed by atoms with van der Waals surface area (Å²) in [6.45, 7) is 4.33. The Bertz CT molecular complexity index is 335. The lowest BCUT2D eigenvalue weighted by atomic mass is 9.98. The zero-order chi connectivity index (χ0) is 11.5. The fourth-order valence-corrected chi connectivity index (χ4v) is 3.64. The van der Waals surface area contributed by atoms with Crippen molar-refractivity contribution in [2.24, 2.45) is 5.92 Å². The van der Waals surface area contributed by atoms with Gasteiger partial charge in [-0.15, -0.1) is 0 Å². The third-order valence-corrected chi connectivity index (χ3v) is 4.49. The van der Waals surface area contributed by atoms with Crippen LogP contribution in [0.3, 0.4) is 0 Å². The predicted octanol–water partition coefficient (Wildman–Crippen LogP) is 1.96. The van der Waals surface area contributed by atoms with Crippen molar-refractivity contribution in [3.8, 4) is 0 Å². The average Bonchev–Trinajstić information content (AvgIpc) is 2.87. The van der Waals surface area contributed by atoms with Gasteiger partial charge >= 0.3 is 0 Å². The van der Waals surface area contributed by atoms with Crippen molar-refractivity contribution < 1.29 is 0 Å². The van der Waals surface area contributed by atoms with Crippen LogP contribution in [0.2, 0.25) is 0 Å². The molecule has 90 valence electrons. The van der Waals surface area contributed by atoms with Crippen LogP contribution in [0.1, 0.15) is 25.6 Å². The number of nitrogens with zero attached hydrogens (tertiary/aromatic N) is 2. The predicted molar refractivity (Wildman–Crippen MR) is 70.0 cm³/mol. The van der Waals surface area contributed by atoms with Crippen molar-refractivity contribution in [2.75, 3.05) is 18.6 Å². The van der Waals surface area contributed by atoms with E-state index < -0.39 is 0 Å². The highest BCUT2D eigenvalue weighted by Gasteiger charge is 2.27. The van der Waals surface area contributed by atoms with Crippen LogP contribution < -0.4 is 5.32 Å². The molecule has 0 aromatic carbocycles. The van der Waals surface area contributed by atoms with E-state index >= 15 is 0 Å². The first-order valence-corrected chi connectivity index (χ1v) is 7.15. The zero-order valence-corrected chi connectivity index (χ0v) is 11.1. The van der Waals surface area contributed by atoms with Crippen LogP contribution in [-0.2, 0) is 6.42 Å². The first kappa shape index (κ1) is 12.0. The van der Waals surface area contributed by atoms with Gasteiger partial charge < -0.3 is 5.32 Å². The number of aromatic nitrogens is 2. The summed E-state index contributed by atoms with van der Waals surface area (Å²) in [5.41, 5.74) is 1.24. The van der Waals surface area contributed by atoms with E-state index in [1.165, 1.54) is 17.2 Å². The summed E-state index contributed by atoms with van der Waals surface area (Å²) >= 11 is 2.05. The highest BCUT2D eigenvalue weighted by atomic mass is 32.2. The molecule has 0 aliphatic carbocycles. The highest BCUT2D eigenvalue weighted by molar-refractivity contribution is 7.99. The Morgan fingerprint density at radius 3 is 3.00 bits per heavy atom. The minimum absolute atomic E-state index is 0.465. The quantitative estimate of drug-likeness (QED) is 0.871. The van der Waals surface area contributed by atoms with E-state index in [2.05, 4.69) is 55.3 Å². The normalized spacial score (nSPS) is 25.5. The average molecular weight is 239 g/mol. The van der Waals surface area contributed by atoms with E-state index in [0.29, 0.717) is 12.1 Å². The van der Waals surface area contributed by atoms with Gasteiger partial charge in [-0.2, -0.15) is 16.9 Å². The number of hydrogen-bond acceptors (Lipinski definition) is 3. The van der Waals surface area contributed by atoms with E-state index in [9.17, 15) is 0 Å². The van der Waals surface area contributed by atoms with E-state index in [-0.39, 0.29) is 0 Å². The van der Waals surface area contributed by atoms with Crippen LogP contribution in [0.15, 0.2) is 12.3 Å². The number of rotatable bonds is 4. The minimum atomic E-state index is 0.465. The Labute approximate surface area is 102 Å². The molecule has 3 nitrogen and oxygen atoms in total. The summed E-state index contributed by atoms with van der Waals surface area (Å²) in [7, 11) is 2.07. The van der Waals surface area contributed by atoms with Crippen molar-refractivity contribution in [2.45, 2.75) is 32.4 Å². The molecule has 1 aromatic rings. The van der Waals surface area contributed by atoms with E-state index in [1.807, 2.05) is 4.68 Å². The molecule has 2 heterocycles. The Balaban J connectivity index is 1.97. The molecule has 2 unspecified atom stereocenters. The zero-order valence-electron chi connectivity index (χ0n) is 10.3. The summed E-state index contributed by atoms with van der Waals surface area (Å²) in [6, 6.07) is 3.29. The fraction of sp³-hybridized carbons (Fsp3) is 0.750. The molecule has 1 aliphatic heterocycles. The molecule has 0 bridgehead atoms. The molecule has 4 heteroatoms. The van der Waals surface area contributed by atoms with Crippen molar-refractivity contribution in [3.05, 3.63) is 18.0 Å². The second-order valence-electron chi connectivity index (χ2n) is 4.78. The van der Waals surface area contributed by atoms with Gasteiger partial charge in [0.25, 0.3) is 0 Å². The molecule has 1 aromatic heterocycles. The topological polar surface area (TPSA) is 29.9 Å². The van der Waals surface area contributed by atoms with Gasteiger partial charge in [-0.25, -0.2) is 0 Å². The van der Waals surface area contributed by atoms with Gasteiger partial charge in [0.1, 0.15) is 0 Å². The van der Waals surface area contributed by atoms with Gasteiger partial charge in [-0.05, 0) is 45.1 Å². The summed E-state index contributed by atoms with van der Waals surface area (Å²) in [5, 5.41) is 8.03. The van der Waals surface area contributed by atoms with Gasteiger partial charge in [0, 0.05) is 24.0 Å². The second kappa shape index (κ2) is 5.23. The lowest BCUT2D eigenvalue weighted by molar-refractivity contribution is 0.443. The van der Waals surface area contributed by atoms with Gasteiger partial charge in [0.15, 0.2) is 0 Å². The molecule has 1 N–H and O–H groups in total. The molecular formula is C12H21N3S. The van der Waals surface area contributed by atoms with Gasteiger partial charge in [-0.1, -0.05) is 0 Å². The molecule has 0 radical (unpaired) electrons. The molecule has 1 saturated heterocycles. The first-order valence-electron chi connectivity index (χ1n) is 5.99. The van der Waals surface area contributed by atoms with Crippen LogP contribution >= 0.6 is 11.8 Å².